The number of hydrogen-bond acceptors (Lipinski definition) is 6. The third kappa shape index (κ3) is 11.6. The van der Waals surface area contributed by atoms with Crippen molar-refractivity contribution >= 4 is 17.9 Å². The normalized spacial score (nSPS) is 19.5. The second-order valence-electron chi connectivity index (χ2n) is 11.7. The summed E-state index contributed by atoms with van der Waals surface area (Å²) in [5.41, 5.74) is -1.02. The van der Waals surface area contributed by atoms with Crippen LogP contribution in [0.5, 0.6) is 0 Å². The molecule has 3 amide bonds. The van der Waals surface area contributed by atoms with Gasteiger partial charge in [-0.1, -0.05) is 19.3 Å². The molecule has 1 saturated heterocycles. The molecule has 1 saturated carbocycles. The fraction of sp³-hybridized carbons (Fsp3) is 0.885. The van der Waals surface area contributed by atoms with Crippen LogP contribution in [0.15, 0.2) is 0 Å². The van der Waals surface area contributed by atoms with Crippen molar-refractivity contribution in [3.05, 3.63) is 0 Å². The molecule has 2 rings (SSSR count). The van der Waals surface area contributed by atoms with E-state index in [0.29, 0.717) is 38.6 Å². The summed E-state index contributed by atoms with van der Waals surface area (Å²) in [5, 5.41) is 5.91. The van der Waals surface area contributed by atoms with Crippen LogP contribution < -0.4 is 10.6 Å². The summed E-state index contributed by atoms with van der Waals surface area (Å²) in [5.74, 6) is -0.0541. The van der Waals surface area contributed by atoms with Gasteiger partial charge in [0.05, 0.1) is 25.4 Å². The van der Waals surface area contributed by atoms with Crippen molar-refractivity contribution in [1.29, 1.82) is 0 Å². The Morgan fingerprint density at radius 2 is 1.57 bits per heavy atom. The second-order valence-corrected chi connectivity index (χ2v) is 11.7. The molecule has 1 aliphatic carbocycles. The summed E-state index contributed by atoms with van der Waals surface area (Å²) >= 11 is 0. The topological polar surface area (TPSA) is 106 Å². The molecule has 1 heterocycles. The Balaban J connectivity index is 1.99. The Bertz CT molecular complexity index is 688. The van der Waals surface area contributed by atoms with E-state index in [2.05, 4.69) is 10.6 Å². The molecule has 2 N–H and O–H groups in total. The number of ether oxygens (including phenoxy) is 3. The molecular weight excluding hydrogens is 450 g/mol. The number of carbonyl (C=O) groups is 3. The fourth-order valence-corrected chi connectivity index (χ4v) is 4.49. The van der Waals surface area contributed by atoms with Gasteiger partial charge in [-0.25, -0.2) is 4.79 Å². The SMILES string of the molecule is CC(C)(C)OCC(NC(=O)CCC(NC(=O)OC(C)(C)C)C1CCCCC1)C(=O)N1CCOCC1. The van der Waals surface area contributed by atoms with Gasteiger partial charge in [-0.05, 0) is 66.7 Å². The van der Waals surface area contributed by atoms with Crippen LogP contribution in [0.1, 0.15) is 86.5 Å². The molecule has 0 radical (unpaired) electrons. The van der Waals surface area contributed by atoms with Crippen molar-refractivity contribution < 1.29 is 28.6 Å². The van der Waals surface area contributed by atoms with Gasteiger partial charge in [0, 0.05) is 25.6 Å². The molecule has 0 aromatic rings. The van der Waals surface area contributed by atoms with Gasteiger partial charge >= 0.3 is 6.09 Å². The molecule has 2 fully saturated rings. The zero-order chi connectivity index (χ0) is 26.1. The number of carbonyl (C=O) groups excluding carboxylic acids is 3. The van der Waals surface area contributed by atoms with Gasteiger partial charge < -0.3 is 29.7 Å². The van der Waals surface area contributed by atoms with Gasteiger partial charge in [0.25, 0.3) is 0 Å². The van der Waals surface area contributed by atoms with Gasteiger partial charge in [-0.3, -0.25) is 9.59 Å². The average Bonchev–Trinajstić information content (AvgIpc) is 2.78. The number of morpholine rings is 1. The monoisotopic (exact) mass is 497 g/mol. The highest BCUT2D eigenvalue weighted by atomic mass is 16.6. The fourth-order valence-electron chi connectivity index (χ4n) is 4.49. The quantitative estimate of drug-likeness (QED) is 0.506. The Morgan fingerprint density at radius 1 is 0.943 bits per heavy atom. The molecule has 0 aromatic heterocycles. The van der Waals surface area contributed by atoms with Gasteiger partial charge in [0.15, 0.2) is 0 Å². The highest BCUT2D eigenvalue weighted by molar-refractivity contribution is 5.88. The summed E-state index contributed by atoms with van der Waals surface area (Å²) < 4.78 is 16.7. The molecule has 2 aliphatic rings. The summed E-state index contributed by atoms with van der Waals surface area (Å²) in [6.45, 7) is 13.4. The lowest BCUT2D eigenvalue weighted by Gasteiger charge is -2.33. The molecule has 2 atom stereocenters. The molecular formula is C26H47N3O6. The van der Waals surface area contributed by atoms with E-state index >= 15 is 0 Å². The molecule has 35 heavy (non-hydrogen) atoms. The predicted molar refractivity (Wildman–Crippen MR) is 134 cm³/mol. The minimum absolute atomic E-state index is 0.105. The minimum atomic E-state index is -0.758. The van der Waals surface area contributed by atoms with Crippen LogP contribution in [0.4, 0.5) is 4.79 Å². The number of alkyl carbamates (subject to hydrolysis) is 1. The first-order chi connectivity index (χ1) is 16.3. The van der Waals surface area contributed by atoms with E-state index in [1.807, 2.05) is 41.5 Å². The highest BCUT2D eigenvalue weighted by Gasteiger charge is 2.31. The highest BCUT2D eigenvalue weighted by Crippen LogP contribution is 2.28. The van der Waals surface area contributed by atoms with Crippen LogP contribution in [0.25, 0.3) is 0 Å². The maximum absolute atomic E-state index is 13.1. The molecule has 1 aliphatic heterocycles. The van der Waals surface area contributed by atoms with E-state index in [1.54, 1.807) is 4.90 Å². The predicted octanol–water partition coefficient (Wildman–Crippen LogP) is 3.40. The number of rotatable bonds is 9. The van der Waals surface area contributed by atoms with Gasteiger partial charge in [0.2, 0.25) is 11.8 Å². The van der Waals surface area contributed by atoms with E-state index in [9.17, 15) is 14.4 Å². The third-order valence-electron chi connectivity index (χ3n) is 6.24. The van der Waals surface area contributed by atoms with Crippen LogP contribution in [0.3, 0.4) is 0 Å². The van der Waals surface area contributed by atoms with Gasteiger partial charge in [-0.15, -0.1) is 0 Å². The molecule has 9 nitrogen and oxygen atoms in total. The zero-order valence-electron chi connectivity index (χ0n) is 22.6. The summed E-state index contributed by atoms with van der Waals surface area (Å²) in [4.78, 5) is 40.3. The lowest BCUT2D eigenvalue weighted by molar-refractivity contribution is -0.143. The summed E-state index contributed by atoms with van der Waals surface area (Å²) in [6, 6.07) is -0.901. The lowest BCUT2D eigenvalue weighted by Crippen LogP contribution is -2.54. The Hall–Kier alpha value is -1.87. The third-order valence-corrected chi connectivity index (χ3v) is 6.24. The smallest absolute Gasteiger partial charge is 0.407 e. The first kappa shape index (κ1) is 29.4. The lowest BCUT2D eigenvalue weighted by atomic mass is 9.82. The van der Waals surface area contributed by atoms with Crippen molar-refractivity contribution in [2.75, 3.05) is 32.9 Å². The number of nitrogens with zero attached hydrogens (tertiary/aromatic N) is 1. The maximum Gasteiger partial charge on any atom is 0.407 e. The number of amides is 3. The second kappa shape index (κ2) is 13.4. The maximum atomic E-state index is 13.1. The van der Waals surface area contributed by atoms with Crippen molar-refractivity contribution in [3.63, 3.8) is 0 Å². The molecule has 0 aromatic carbocycles. The van der Waals surface area contributed by atoms with E-state index in [-0.39, 0.29) is 30.9 Å². The van der Waals surface area contributed by atoms with Crippen LogP contribution in [-0.4, -0.2) is 79.0 Å². The summed E-state index contributed by atoms with van der Waals surface area (Å²) in [7, 11) is 0. The first-order valence-corrected chi connectivity index (χ1v) is 13.1. The molecule has 0 spiro atoms. The number of hydrogen-bond donors (Lipinski definition) is 2. The van der Waals surface area contributed by atoms with Crippen LogP contribution in [0, 0.1) is 5.92 Å². The van der Waals surface area contributed by atoms with Crippen LogP contribution in [-0.2, 0) is 23.8 Å². The Labute approximate surface area is 211 Å². The molecule has 0 bridgehead atoms. The van der Waals surface area contributed by atoms with Crippen LogP contribution in [0.2, 0.25) is 0 Å². The zero-order valence-corrected chi connectivity index (χ0v) is 22.6. The molecule has 202 valence electrons. The van der Waals surface area contributed by atoms with Crippen molar-refractivity contribution in [2.24, 2.45) is 5.92 Å². The Kier molecular flexibility index (Phi) is 11.3. The van der Waals surface area contributed by atoms with Crippen molar-refractivity contribution in [3.8, 4) is 0 Å². The molecule has 2 unspecified atom stereocenters. The van der Waals surface area contributed by atoms with E-state index in [0.717, 1.165) is 25.7 Å². The van der Waals surface area contributed by atoms with Gasteiger partial charge in [0.1, 0.15) is 11.6 Å². The van der Waals surface area contributed by atoms with E-state index < -0.39 is 23.3 Å². The number of nitrogens with one attached hydrogen (secondary N) is 2. The minimum Gasteiger partial charge on any atom is -0.444 e. The average molecular weight is 498 g/mol. The summed E-state index contributed by atoms with van der Waals surface area (Å²) in [6.07, 6.45) is 5.77. The van der Waals surface area contributed by atoms with Crippen LogP contribution >= 0.6 is 0 Å². The van der Waals surface area contributed by atoms with E-state index in [1.165, 1.54) is 6.42 Å². The van der Waals surface area contributed by atoms with E-state index in [4.69, 9.17) is 14.2 Å². The van der Waals surface area contributed by atoms with Crippen molar-refractivity contribution in [1.82, 2.24) is 15.5 Å². The first-order valence-electron chi connectivity index (χ1n) is 13.1. The molecule has 9 heteroatoms. The standard InChI is InChI=1S/C26H47N3O6/c1-25(2,3)34-18-21(23(31)29-14-16-33-17-15-29)27-22(30)13-12-20(19-10-8-7-9-11-19)28-24(32)35-26(4,5)6/h19-21H,7-18H2,1-6H3,(H,27,30)(H,28,32). The van der Waals surface area contributed by atoms with Crippen molar-refractivity contribution in [2.45, 2.75) is 110 Å². The largest absolute Gasteiger partial charge is 0.444 e. The van der Waals surface area contributed by atoms with Gasteiger partial charge in [-0.2, -0.15) is 0 Å². The Morgan fingerprint density at radius 3 is 2.14 bits per heavy atom.